The number of hydrogen-bond acceptors (Lipinski definition) is 17. The number of carbonyl (C=O) groups is 8. The molecule has 1 saturated heterocycles. The molecule has 2 aliphatic rings. The first-order chi connectivity index (χ1) is 37.7. The van der Waals surface area contributed by atoms with Gasteiger partial charge in [0, 0.05) is 55.0 Å². The van der Waals surface area contributed by atoms with Crippen LogP contribution in [0.15, 0.2) is 64.2 Å². The van der Waals surface area contributed by atoms with Crippen LogP contribution in [0.4, 0.5) is 17.1 Å². The first-order valence-corrected chi connectivity index (χ1v) is 25.9. The van der Waals surface area contributed by atoms with Gasteiger partial charge in [-0.1, -0.05) is 45.4 Å². The second kappa shape index (κ2) is 27.9. The third-order valence-corrected chi connectivity index (χ3v) is 13.7. The van der Waals surface area contributed by atoms with Gasteiger partial charge in [-0.3, -0.25) is 58.6 Å². The van der Waals surface area contributed by atoms with E-state index in [-0.39, 0.29) is 49.4 Å². The number of nitro groups is 2. The molecule has 2 fully saturated rings. The van der Waals surface area contributed by atoms with Gasteiger partial charge in [0.05, 0.1) is 42.3 Å². The Morgan fingerprint density at radius 3 is 2.25 bits per heavy atom. The standard InChI is InChI=1S/C51H65N13O15/c1-4-9-36(49(71)59-38(21-31-24-53-27-56-31)50(72)57-28(2)47(69)61-39(46(52)68)25-54-35-16-13-32(63(74)75)22-41(35)64(76)77)58-43(65)26-55-48(70)37(18-29-10-6-5-7-11-29)60-51(73)40-12-8-17-62(40)44(66)19-30-20-45(67)79-42-23-33(78-3)14-15-34(30)42/h13-16,20,22-24,27-29,36-40,54H,4-12,17-19,21,25-26H2,1-3H3,(H2,52,68)(H,53,56)(H,55,70)(H,57,72)(H,58,65)(H,59,71)(H,60,73)(H,61,69)/t28-,36-,37-,38-,39-,40-/m0/s1. The monoisotopic (exact) mass is 1100 g/mol. The lowest BCUT2D eigenvalue weighted by Gasteiger charge is -2.29. The average molecular weight is 1100 g/mol. The van der Waals surface area contributed by atoms with E-state index in [1.165, 1.54) is 37.5 Å². The average Bonchev–Trinajstić information content (AvgIpc) is 4.17. The number of anilines is 1. The number of non-ortho nitro benzene ring substituents is 1. The fourth-order valence-electron chi connectivity index (χ4n) is 9.58. The molecule has 0 spiro atoms. The number of aromatic amines is 1. The SMILES string of the molecule is CCC[C@H](NC(=O)CNC(=O)[C@H](CC1CCCCC1)NC(=O)[C@@H]1CCCN1C(=O)Cc1cc(=O)oc2cc(OC)ccc12)C(=O)N[C@@H](Cc1cnc[nH]1)C(=O)N[C@@H](C)C(=O)N[C@@H](CNc1ccc([N+](=O)[O-])cc1[N+](=O)[O-])C(N)=O. The molecule has 1 aliphatic heterocycles. The third kappa shape index (κ3) is 16.5. The number of carbonyl (C=O) groups excluding carboxylic acids is 8. The summed E-state index contributed by atoms with van der Waals surface area (Å²) in [6.07, 6.45) is 8.55. The number of primary amides is 1. The van der Waals surface area contributed by atoms with E-state index < -0.39 is 123 Å². The number of H-pyrrole nitrogens is 1. The lowest BCUT2D eigenvalue weighted by Crippen LogP contribution is -2.59. The van der Waals surface area contributed by atoms with Gasteiger partial charge in [0.25, 0.3) is 11.4 Å². The van der Waals surface area contributed by atoms with Crippen molar-refractivity contribution in [2.24, 2.45) is 11.7 Å². The summed E-state index contributed by atoms with van der Waals surface area (Å²) in [5, 5.41) is 41.4. The highest BCUT2D eigenvalue weighted by Crippen LogP contribution is 2.30. The number of methoxy groups -OCH3 is 1. The summed E-state index contributed by atoms with van der Waals surface area (Å²) in [5.41, 5.74) is 4.45. The molecule has 10 N–H and O–H groups in total. The molecule has 2 aromatic carbocycles. The van der Waals surface area contributed by atoms with Gasteiger partial charge in [0.2, 0.25) is 47.3 Å². The van der Waals surface area contributed by atoms with Crippen LogP contribution < -0.4 is 53.3 Å². The predicted molar refractivity (Wildman–Crippen MR) is 282 cm³/mol. The summed E-state index contributed by atoms with van der Waals surface area (Å²) in [6, 6.07) is 1.44. The fraction of sp³-hybridized carbons (Fsp3) is 0.490. The molecule has 424 valence electrons. The Balaban J connectivity index is 1.06. The van der Waals surface area contributed by atoms with Gasteiger partial charge in [-0.05, 0) is 62.3 Å². The molecular formula is C51H65N13O15. The van der Waals surface area contributed by atoms with Crippen LogP contribution in [0, 0.1) is 26.1 Å². The Bertz CT molecular complexity index is 2960. The van der Waals surface area contributed by atoms with Crippen LogP contribution in [0.3, 0.4) is 0 Å². The maximum absolute atomic E-state index is 14.1. The van der Waals surface area contributed by atoms with Gasteiger partial charge in [-0.15, -0.1) is 0 Å². The van der Waals surface area contributed by atoms with Gasteiger partial charge in [-0.2, -0.15) is 0 Å². The number of rotatable bonds is 27. The summed E-state index contributed by atoms with van der Waals surface area (Å²) >= 11 is 0. The highest BCUT2D eigenvalue weighted by atomic mass is 16.6. The van der Waals surface area contributed by atoms with Crippen LogP contribution in [0.5, 0.6) is 5.75 Å². The third-order valence-electron chi connectivity index (χ3n) is 13.7. The van der Waals surface area contributed by atoms with E-state index in [4.69, 9.17) is 14.9 Å². The van der Waals surface area contributed by atoms with Gasteiger partial charge >= 0.3 is 5.63 Å². The van der Waals surface area contributed by atoms with Gasteiger partial charge in [0.1, 0.15) is 53.3 Å². The van der Waals surface area contributed by atoms with Crippen molar-refractivity contribution >= 4 is 75.3 Å². The second-order valence-corrected chi connectivity index (χ2v) is 19.4. The molecule has 6 atom stereocenters. The molecule has 79 heavy (non-hydrogen) atoms. The number of nitro benzene ring substituents is 2. The van der Waals surface area contributed by atoms with Crippen molar-refractivity contribution in [3.63, 3.8) is 0 Å². The molecule has 2 aromatic heterocycles. The smallest absolute Gasteiger partial charge is 0.336 e. The Hall–Kier alpha value is -8.98. The molecule has 0 bridgehead atoms. The van der Waals surface area contributed by atoms with Crippen LogP contribution in [0.2, 0.25) is 0 Å². The van der Waals surface area contributed by atoms with Gasteiger partial charge in [-0.25, -0.2) is 9.78 Å². The summed E-state index contributed by atoms with van der Waals surface area (Å²) in [6.45, 7) is 2.20. The summed E-state index contributed by atoms with van der Waals surface area (Å²) in [4.78, 5) is 151. The summed E-state index contributed by atoms with van der Waals surface area (Å²) in [5.74, 6) is -5.46. The van der Waals surface area contributed by atoms with Crippen molar-refractivity contribution in [3.8, 4) is 5.75 Å². The first-order valence-electron chi connectivity index (χ1n) is 25.9. The lowest BCUT2D eigenvalue weighted by atomic mass is 9.84. The molecule has 8 amide bonds. The van der Waals surface area contributed by atoms with Crippen LogP contribution in [-0.4, -0.2) is 135 Å². The van der Waals surface area contributed by atoms with E-state index in [2.05, 4.69) is 47.2 Å². The van der Waals surface area contributed by atoms with E-state index in [1.54, 1.807) is 25.1 Å². The van der Waals surface area contributed by atoms with Crippen LogP contribution in [-0.2, 0) is 51.2 Å². The Labute approximate surface area is 451 Å². The molecular weight excluding hydrogens is 1030 g/mol. The minimum atomic E-state index is -1.50. The number of nitrogens with two attached hydrogens (primary N) is 1. The highest BCUT2D eigenvalue weighted by Gasteiger charge is 2.37. The van der Waals surface area contributed by atoms with Crippen LogP contribution in [0.25, 0.3) is 11.0 Å². The molecule has 4 aromatic rings. The number of amides is 8. The van der Waals surface area contributed by atoms with Crippen molar-refractivity contribution in [2.45, 2.75) is 127 Å². The summed E-state index contributed by atoms with van der Waals surface area (Å²) in [7, 11) is 1.47. The quantitative estimate of drug-likeness (QED) is 0.0229. The van der Waals surface area contributed by atoms with Crippen molar-refractivity contribution in [1.29, 1.82) is 0 Å². The number of likely N-dealkylation sites (tertiary alicyclic amines) is 1. The number of hydrogen-bond donors (Lipinski definition) is 9. The largest absolute Gasteiger partial charge is 0.497 e. The number of nitrogens with zero attached hydrogens (tertiary/aromatic N) is 4. The molecule has 28 nitrogen and oxygen atoms in total. The maximum Gasteiger partial charge on any atom is 0.336 e. The van der Waals surface area contributed by atoms with E-state index >= 15 is 0 Å². The molecule has 1 saturated carbocycles. The van der Waals surface area contributed by atoms with Gasteiger partial charge in [0.15, 0.2) is 0 Å². The normalized spacial score (nSPS) is 16.2. The van der Waals surface area contributed by atoms with E-state index in [9.17, 15) is 63.4 Å². The van der Waals surface area contributed by atoms with Crippen molar-refractivity contribution in [1.82, 2.24) is 46.8 Å². The zero-order chi connectivity index (χ0) is 57.3. The minimum Gasteiger partial charge on any atom is -0.497 e. The number of imidazole rings is 1. The number of benzene rings is 2. The highest BCUT2D eigenvalue weighted by molar-refractivity contribution is 5.97. The lowest BCUT2D eigenvalue weighted by molar-refractivity contribution is -0.393. The van der Waals surface area contributed by atoms with E-state index in [0.717, 1.165) is 44.2 Å². The zero-order valence-corrected chi connectivity index (χ0v) is 43.8. The van der Waals surface area contributed by atoms with Crippen molar-refractivity contribution in [3.05, 3.63) is 96.9 Å². The summed E-state index contributed by atoms with van der Waals surface area (Å²) < 4.78 is 10.6. The van der Waals surface area contributed by atoms with Crippen LogP contribution >= 0.6 is 0 Å². The zero-order valence-electron chi connectivity index (χ0n) is 43.8. The molecule has 1 aliphatic carbocycles. The van der Waals surface area contributed by atoms with E-state index in [0.29, 0.717) is 47.7 Å². The number of ether oxygens (including phenoxy) is 1. The van der Waals surface area contributed by atoms with Crippen molar-refractivity contribution < 1.29 is 57.4 Å². The second-order valence-electron chi connectivity index (χ2n) is 19.4. The Morgan fingerprint density at radius 2 is 1.58 bits per heavy atom. The molecule has 28 heteroatoms. The number of fused-ring (bicyclic) bond motifs is 1. The molecule has 0 radical (unpaired) electrons. The Kier molecular flexibility index (Phi) is 20.9. The van der Waals surface area contributed by atoms with Gasteiger partial charge < -0.3 is 62.0 Å². The minimum absolute atomic E-state index is 0.0912. The molecule has 6 rings (SSSR count). The van der Waals surface area contributed by atoms with E-state index in [1.807, 2.05) is 0 Å². The first kappa shape index (κ1) is 59.3. The molecule has 3 heterocycles. The fourth-order valence-corrected chi connectivity index (χ4v) is 9.58. The van der Waals surface area contributed by atoms with Crippen LogP contribution in [0.1, 0.15) is 89.3 Å². The maximum atomic E-state index is 14.1. The predicted octanol–water partition coefficient (Wildman–Crippen LogP) is 1.05. The Morgan fingerprint density at radius 1 is 0.848 bits per heavy atom. The van der Waals surface area contributed by atoms with Crippen molar-refractivity contribution in [2.75, 3.05) is 32.1 Å². The molecule has 0 unspecified atom stereocenters. The number of nitrogens with one attached hydrogen (secondary N) is 8. The topological polar surface area (TPSA) is 404 Å². The number of aromatic nitrogens is 2.